The monoisotopic (exact) mass is 276 g/mol. The molecule has 0 bridgehead atoms. The summed E-state index contributed by atoms with van der Waals surface area (Å²) in [5, 5.41) is 9.72. The molecule has 0 saturated carbocycles. The summed E-state index contributed by atoms with van der Waals surface area (Å²) in [6.45, 7) is 5.15. The lowest BCUT2D eigenvalue weighted by molar-refractivity contribution is -0.144. The average Bonchev–Trinajstić information content (AvgIpc) is 2.41. The van der Waals surface area contributed by atoms with E-state index in [-0.39, 0.29) is 0 Å². The van der Waals surface area contributed by atoms with Crippen LogP contribution in [0.3, 0.4) is 0 Å². The highest BCUT2D eigenvalue weighted by Crippen LogP contribution is 2.29. The summed E-state index contributed by atoms with van der Waals surface area (Å²) in [7, 11) is 0. The van der Waals surface area contributed by atoms with Gasteiger partial charge in [-0.3, -0.25) is 0 Å². The van der Waals surface area contributed by atoms with Gasteiger partial charge in [-0.1, -0.05) is 6.92 Å². The average molecular weight is 276 g/mol. The summed E-state index contributed by atoms with van der Waals surface area (Å²) >= 11 is 0. The molecule has 1 aromatic carbocycles. The van der Waals surface area contributed by atoms with Gasteiger partial charge in [0.15, 0.2) is 6.10 Å². The molecule has 106 valence electrons. The number of rotatable bonds is 4. The molecule has 1 N–H and O–H groups in total. The maximum Gasteiger partial charge on any atom is 0.344 e. The Morgan fingerprint density at radius 3 is 2.75 bits per heavy atom. The standard InChI is InChI=1S/C15H16O5/c1-4-10-7-13(16)20-14-8(2)12(6-5-11(10)14)19-9(3)15(17)18/h5-7,9H,4H2,1-3H3,(H,17,18)/t9-/m0/s1. The maximum absolute atomic E-state index is 11.6. The van der Waals surface area contributed by atoms with Crippen LogP contribution in [0.4, 0.5) is 0 Å². The molecule has 0 fully saturated rings. The number of carbonyl (C=O) groups is 1. The Kier molecular flexibility index (Phi) is 3.79. The number of aliphatic carboxylic acids is 1. The van der Waals surface area contributed by atoms with Crippen LogP contribution in [-0.2, 0) is 11.2 Å². The zero-order chi connectivity index (χ0) is 14.9. The zero-order valence-corrected chi connectivity index (χ0v) is 11.6. The van der Waals surface area contributed by atoms with Crippen LogP contribution in [0.25, 0.3) is 11.0 Å². The first-order chi connectivity index (χ1) is 9.43. The summed E-state index contributed by atoms with van der Waals surface area (Å²) in [6, 6.07) is 4.96. The van der Waals surface area contributed by atoms with Crippen LogP contribution in [0.1, 0.15) is 25.0 Å². The van der Waals surface area contributed by atoms with Crippen LogP contribution >= 0.6 is 0 Å². The summed E-state index contributed by atoms with van der Waals surface area (Å²) in [6.07, 6.45) is -0.250. The van der Waals surface area contributed by atoms with Gasteiger partial charge in [0.25, 0.3) is 0 Å². The van der Waals surface area contributed by atoms with Gasteiger partial charge in [-0.15, -0.1) is 0 Å². The Labute approximate surface area is 115 Å². The van der Waals surface area contributed by atoms with E-state index in [0.29, 0.717) is 23.3 Å². The van der Waals surface area contributed by atoms with Gasteiger partial charge in [0.1, 0.15) is 11.3 Å². The smallest absolute Gasteiger partial charge is 0.344 e. The molecular formula is C15H16O5. The van der Waals surface area contributed by atoms with E-state index in [1.807, 2.05) is 6.92 Å². The quantitative estimate of drug-likeness (QED) is 0.868. The maximum atomic E-state index is 11.6. The Bertz CT molecular complexity index is 714. The van der Waals surface area contributed by atoms with E-state index in [9.17, 15) is 9.59 Å². The van der Waals surface area contributed by atoms with E-state index >= 15 is 0 Å². The number of ether oxygens (including phenoxy) is 1. The van der Waals surface area contributed by atoms with Crippen molar-refractivity contribution in [1.29, 1.82) is 0 Å². The lowest BCUT2D eigenvalue weighted by Crippen LogP contribution is -2.23. The second-order valence-electron chi connectivity index (χ2n) is 4.61. The molecule has 2 rings (SSSR count). The Morgan fingerprint density at radius 2 is 2.15 bits per heavy atom. The zero-order valence-electron chi connectivity index (χ0n) is 11.6. The highest BCUT2D eigenvalue weighted by atomic mass is 16.5. The first kappa shape index (κ1) is 14.1. The van der Waals surface area contributed by atoms with E-state index in [1.54, 1.807) is 19.1 Å². The molecule has 1 heterocycles. The molecule has 0 radical (unpaired) electrons. The topological polar surface area (TPSA) is 76.7 Å². The molecule has 0 unspecified atom stereocenters. The minimum absolute atomic E-state index is 0.406. The van der Waals surface area contributed by atoms with E-state index in [4.69, 9.17) is 14.3 Å². The van der Waals surface area contributed by atoms with Gasteiger partial charge in [0, 0.05) is 17.0 Å². The Balaban J connectivity index is 2.59. The van der Waals surface area contributed by atoms with Gasteiger partial charge in [-0.05, 0) is 38.0 Å². The summed E-state index contributed by atoms with van der Waals surface area (Å²) < 4.78 is 10.6. The van der Waals surface area contributed by atoms with Gasteiger partial charge >= 0.3 is 11.6 Å². The van der Waals surface area contributed by atoms with Crippen LogP contribution in [-0.4, -0.2) is 17.2 Å². The number of hydrogen-bond acceptors (Lipinski definition) is 4. The lowest BCUT2D eigenvalue weighted by atomic mass is 10.0. The van der Waals surface area contributed by atoms with Gasteiger partial charge in [-0.2, -0.15) is 0 Å². The molecule has 2 aromatic rings. The van der Waals surface area contributed by atoms with E-state index in [1.165, 1.54) is 13.0 Å². The third kappa shape index (κ3) is 2.52. The summed E-state index contributed by atoms with van der Waals surface area (Å²) in [4.78, 5) is 22.4. The molecule has 0 aliphatic carbocycles. The van der Waals surface area contributed by atoms with Gasteiger partial charge in [0.2, 0.25) is 0 Å². The number of carboxylic acids is 1. The molecule has 0 amide bonds. The third-order valence-corrected chi connectivity index (χ3v) is 3.23. The molecule has 0 aliphatic rings. The molecule has 0 aliphatic heterocycles. The fraction of sp³-hybridized carbons (Fsp3) is 0.333. The number of benzene rings is 1. The lowest BCUT2D eigenvalue weighted by Gasteiger charge is -2.14. The summed E-state index contributed by atoms with van der Waals surface area (Å²) in [5.41, 5.74) is 1.56. The predicted molar refractivity (Wildman–Crippen MR) is 74.3 cm³/mol. The van der Waals surface area contributed by atoms with Crippen molar-refractivity contribution in [2.75, 3.05) is 0 Å². The van der Waals surface area contributed by atoms with Crippen molar-refractivity contribution in [3.8, 4) is 5.75 Å². The second-order valence-corrected chi connectivity index (χ2v) is 4.61. The molecule has 0 spiro atoms. The molecule has 20 heavy (non-hydrogen) atoms. The van der Waals surface area contributed by atoms with Crippen molar-refractivity contribution in [2.45, 2.75) is 33.3 Å². The number of carboxylic acid groups (broad SMARTS) is 1. The van der Waals surface area contributed by atoms with Crippen molar-refractivity contribution < 1.29 is 19.1 Å². The first-order valence-corrected chi connectivity index (χ1v) is 6.39. The molecular weight excluding hydrogens is 260 g/mol. The minimum Gasteiger partial charge on any atom is -0.479 e. The fourth-order valence-electron chi connectivity index (χ4n) is 2.07. The Hall–Kier alpha value is -2.30. The number of hydrogen-bond donors (Lipinski definition) is 1. The highest BCUT2D eigenvalue weighted by molar-refractivity contribution is 5.85. The third-order valence-electron chi connectivity index (χ3n) is 3.23. The van der Waals surface area contributed by atoms with Crippen LogP contribution in [0, 0.1) is 6.92 Å². The van der Waals surface area contributed by atoms with Crippen molar-refractivity contribution in [3.63, 3.8) is 0 Å². The van der Waals surface area contributed by atoms with Gasteiger partial charge < -0.3 is 14.3 Å². The predicted octanol–water partition coefficient (Wildman–Crippen LogP) is 2.52. The first-order valence-electron chi connectivity index (χ1n) is 6.39. The van der Waals surface area contributed by atoms with Gasteiger partial charge in [0.05, 0.1) is 0 Å². The normalized spacial score (nSPS) is 12.3. The Morgan fingerprint density at radius 1 is 1.45 bits per heavy atom. The van der Waals surface area contributed by atoms with Crippen molar-refractivity contribution in [2.24, 2.45) is 0 Å². The van der Waals surface area contributed by atoms with Crippen LogP contribution < -0.4 is 10.4 Å². The molecule has 5 heteroatoms. The molecule has 1 aromatic heterocycles. The molecule has 5 nitrogen and oxygen atoms in total. The van der Waals surface area contributed by atoms with Gasteiger partial charge in [-0.25, -0.2) is 9.59 Å². The SMILES string of the molecule is CCc1cc(=O)oc2c(C)c(O[C@@H](C)C(=O)O)ccc12. The van der Waals surface area contributed by atoms with E-state index in [0.717, 1.165) is 10.9 Å². The number of fused-ring (bicyclic) bond motifs is 1. The van der Waals surface area contributed by atoms with E-state index < -0.39 is 17.7 Å². The molecule has 0 saturated heterocycles. The van der Waals surface area contributed by atoms with Crippen molar-refractivity contribution >= 4 is 16.9 Å². The summed E-state index contributed by atoms with van der Waals surface area (Å²) in [5.74, 6) is -0.642. The van der Waals surface area contributed by atoms with E-state index in [2.05, 4.69) is 0 Å². The highest BCUT2D eigenvalue weighted by Gasteiger charge is 2.16. The van der Waals surface area contributed by atoms with Crippen LogP contribution in [0.2, 0.25) is 0 Å². The largest absolute Gasteiger partial charge is 0.479 e. The van der Waals surface area contributed by atoms with Crippen LogP contribution in [0.5, 0.6) is 5.75 Å². The van der Waals surface area contributed by atoms with Crippen molar-refractivity contribution in [3.05, 3.63) is 39.7 Å². The second kappa shape index (κ2) is 5.36. The fourth-order valence-corrected chi connectivity index (χ4v) is 2.07. The molecule has 1 atom stereocenters. The van der Waals surface area contributed by atoms with Crippen molar-refractivity contribution in [1.82, 2.24) is 0 Å². The van der Waals surface area contributed by atoms with Crippen LogP contribution in [0.15, 0.2) is 27.4 Å². The number of aryl methyl sites for hydroxylation is 2. The minimum atomic E-state index is -1.05.